The summed E-state index contributed by atoms with van der Waals surface area (Å²) in [4.78, 5) is 16.1. The Bertz CT molecular complexity index is 721. The van der Waals surface area contributed by atoms with Crippen LogP contribution in [0.3, 0.4) is 0 Å². The minimum Gasteiger partial charge on any atom is -0.491 e. The van der Waals surface area contributed by atoms with Gasteiger partial charge in [0, 0.05) is 30.1 Å². The van der Waals surface area contributed by atoms with Crippen molar-refractivity contribution in [3.8, 4) is 5.75 Å². The van der Waals surface area contributed by atoms with E-state index in [2.05, 4.69) is 11.4 Å². The molecule has 3 heterocycles. The van der Waals surface area contributed by atoms with Crippen molar-refractivity contribution in [2.24, 2.45) is 0 Å². The van der Waals surface area contributed by atoms with Crippen LogP contribution >= 0.6 is 11.3 Å². The van der Waals surface area contributed by atoms with Crippen molar-refractivity contribution in [1.82, 2.24) is 4.90 Å². The van der Waals surface area contributed by atoms with E-state index >= 15 is 0 Å². The normalized spacial score (nSPS) is 20.0. The third kappa shape index (κ3) is 3.32. The van der Waals surface area contributed by atoms with E-state index in [-0.39, 0.29) is 12.0 Å². The average molecular weight is 343 g/mol. The molecule has 0 aliphatic carbocycles. The van der Waals surface area contributed by atoms with Gasteiger partial charge in [0.25, 0.3) is 5.91 Å². The number of rotatable bonds is 4. The summed E-state index contributed by atoms with van der Waals surface area (Å²) >= 11 is 1.79. The van der Waals surface area contributed by atoms with Gasteiger partial charge in [-0.25, -0.2) is 0 Å². The van der Waals surface area contributed by atoms with Gasteiger partial charge in [-0.3, -0.25) is 4.79 Å². The van der Waals surface area contributed by atoms with E-state index in [0.717, 1.165) is 38.2 Å². The minimum absolute atomic E-state index is 0.0782. The lowest BCUT2D eigenvalue weighted by molar-refractivity contribution is 0.0676. The molecule has 1 saturated heterocycles. The Kier molecular flexibility index (Phi) is 4.54. The Hall–Kier alpha value is -1.85. The molecule has 2 aliphatic heterocycles. The molecular formula is C19H21NO3S. The first-order valence-corrected chi connectivity index (χ1v) is 9.36. The molecule has 1 unspecified atom stereocenters. The largest absolute Gasteiger partial charge is 0.491 e. The maximum Gasteiger partial charge on any atom is 0.254 e. The average Bonchev–Trinajstić information content (AvgIpc) is 3.30. The van der Waals surface area contributed by atoms with Gasteiger partial charge in [-0.15, -0.1) is 11.3 Å². The first-order chi connectivity index (χ1) is 11.8. The number of carbonyl (C=O) groups is 1. The predicted molar refractivity (Wildman–Crippen MR) is 93.7 cm³/mol. The second-order valence-electron chi connectivity index (χ2n) is 6.32. The molecule has 2 aromatic rings. The first kappa shape index (κ1) is 15.7. The molecule has 1 aromatic carbocycles. The van der Waals surface area contributed by atoms with Crippen molar-refractivity contribution in [3.63, 3.8) is 0 Å². The molecule has 24 heavy (non-hydrogen) atoms. The summed E-state index contributed by atoms with van der Waals surface area (Å²) in [5, 5.41) is 2.11. The number of carbonyl (C=O) groups excluding carboxylic acids is 1. The van der Waals surface area contributed by atoms with Crippen molar-refractivity contribution < 1.29 is 14.3 Å². The van der Waals surface area contributed by atoms with Crippen LogP contribution in [0.15, 0.2) is 35.7 Å². The van der Waals surface area contributed by atoms with Crippen LogP contribution in [0.5, 0.6) is 5.75 Å². The maximum atomic E-state index is 12.8. The molecular weight excluding hydrogens is 322 g/mol. The molecule has 1 amide bonds. The smallest absolute Gasteiger partial charge is 0.254 e. The van der Waals surface area contributed by atoms with Crippen molar-refractivity contribution >= 4 is 17.2 Å². The third-order valence-corrected chi connectivity index (χ3v) is 5.66. The Morgan fingerprint density at radius 1 is 1.38 bits per heavy atom. The Morgan fingerprint density at radius 2 is 2.33 bits per heavy atom. The van der Waals surface area contributed by atoms with Gasteiger partial charge in [0.05, 0.1) is 6.10 Å². The molecule has 0 bridgehead atoms. The molecule has 0 spiro atoms. The molecule has 1 fully saturated rings. The highest BCUT2D eigenvalue weighted by Gasteiger charge is 2.23. The van der Waals surface area contributed by atoms with Gasteiger partial charge < -0.3 is 14.4 Å². The van der Waals surface area contributed by atoms with Gasteiger partial charge >= 0.3 is 0 Å². The SMILES string of the molecule is O=C(c1cccc(OCC2CCCO2)c1)N1CCc2sccc2C1. The Labute approximate surface area is 146 Å². The number of thiophene rings is 1. The zero-order chi connectivity index (χ0) is 16.4. The lowest BCUT2D eigenvalue weighted by Crippen LogP contribution is -2.35. The number of hydrogen-bond acceptors (Lipinski definition) is 4. The lowest BCUT2D eigenvalue weighted by Gasteiger charge is -2.27. The molecule has 1 aromatic heterocycles. The standard InChI is InChI=1S/C19H21NO3S/c21-19(20-8-6-18-15(12-20)7-10-24-18)14-3-1-4-16(11-14)23-13-17-5-2-9-22-17/h1,3-4,7,10-11,17H,2,5-6,8-9,12-13H2. The van der Waals surface area contributed by atoms with Crippen LogP contribution < -0.4 is 4.74 Å². The fraction of sp³-hybridized carbons (Fsp3) is 0.421. The highest BCUT2D eigenvalue weighted by atomic mass is 32.1. The van der Waals surface area contributed by atoms with E-state index in [4.69, 9.17) is 9.47 Å². The minimum atomic E-state index is 0.0782. The molecule has 4 rings (SSSR count). The number of amides is 1. The summed E-state index contributed by atoms with van der Waals surface area (Å²) in [6.45, 7) is 2.87. The van der Waals surface area contributed by atoms with E-state index < -0.39 is 0 Å². The van der Waals surface area contributed by atoms with E-state index in [0.29, 0.717) is 18.7 Å². The number of fused-ring (bicyclic) bond motifs is 1. The van der Waals surface area contributed by atoms with Gasteiger partial charge in [0.1, 0.15) is 12.4 Å². The molecule has 126 valence electrons. The number of ether oxygens (including phenoxy) is 2. The van der Waals surface area contributed by atoms with Crippen LogP contribution in [0.1, 0.15) is 33.6 Å². The second-order valence-corrected chi connectivity index (χ2v) is 7.32. The van der Waals surface area contributed by atoms with E-state index in [1.54, 1.807) is 11.3 Å². The zero-order valence-corrected chi connectivity index (χ0v) is 14.4. The molecule has 2 aliphatic rings. The van der Waals surface area contributed by atoms with E-state index in [9.17, 15) is 4.79 Å². The van der Waals surface area contributed by atoms with E-state index in [1.807, 2.05) is 29.2 Å². The number of hydrogen-bond donors (Lipinski definition) is 0. The van der Waals surface area contributed by atoms with Crippen molar-refractivity contribution in [2.75, 3.05) is 19.8 Å². The first-order valence-electron chi connectivity index (χ1n) is 8.48. The molecule has 0 radical (unpaired) electrons. The van der Waals surface area contributed by atoms with Gasteiger partial charge in [0.15, 0.2) is 0 Å². The third-order valence-electron chi connectivity index (χ3n) is 4.64. The van der Waals surface area contributed by atoms with Gasteiger partial charge in [-0.1, -0.05) is 6.07 Å². The van der Waals surface area contributed by atoms with Crippen LogP contribution in [-0.2, 0) is 17.7 Å². The Morgan fingerprint density at radius 3 is 3.21 bits per heavy atom. The van der Waals surface area contributed by atoms with Gasteiger partial charge in [-0.2, -0.15) is 0 Å². The summed E-state index contributed by atoms with van der Waals surface area (Å²) in [5.41, 5.74) is 1.98. The monoisotopic (exact) mass is 343 g/mol. The van der Waals surface area contributed by atoms with Crippen LogP contribution in [0.4, 0.5) is 0 Å². The molecule has 1 atom stereocenters. The van der Waals surface area contributed by atoms with Crippen LogP contribution in [0.2, 0.25) is 0 Å². The van der Waals surface area contributed by atoms with Gasteiger partial charge in [-0.05, 0) is 54.5 Å². The predicted octanol–water partition coefficient (Wildman–Crippen LogP) is 3.50. The van der Waals surface area contributed by atoms with Crippen molar-refractivity contribution in [2.45, 2.75) is 31.9 Å². The number of nitrogens with zero attached hydrogens (tertiary/aromatic N) is 1. The van der Waals surface area contributed by atoms with E-state index in [1.165, 1.54) is 10.4 Å². The molecule has 4 nitrogen and oxygen atoms in total. The molecule has 5 heteroatoms. The highest BCUT2D eigenvalue weighted by Crippen LogP contribution is 2.26. The lowest BCUT2D eigenvalue weighted by atomic mass is 10.1. The summed E-state index contributed by atoms with van der Waals surface area (Å²) < 4.78 is 11.4. The summed E-state index contributed by atoms with van der Waals surface area (Å²) in [7, 11) is 0. The Balaban J connectivity index is 1.42. The van der Waals surface area contributed by atoms with Crippen LogP contribution in [0, 0.1) is 0 Å². The summed E-state index contributed by atoms with van der Waals surface area (Å²) in [5.74, 6) is 0.819. The van der Waals surface area contributed by atoms with Crippen LogP contribution in [0.25, 0.3) is 0 Å². The summed E-state index contributed by atoms with van der Waals surface area (Å²) in [6.07, 6.45) is 3.29. The number of benzene rings is 1. The fourth-order valence-corrected chi connectivity index (χ4v) is 4.18. The summed E-state index contributed by atoms with van der Waals surface area (Å²) in [6, 6.07) is 9.63. The van der Waals surface area contributed by atoms with Crippen molar-refractivity contribution in [3.05, 3.63) is 51.7 Å². The molecule has 0 N–H and O–H groups in total. The highest BCUT2D eigenvalue weighted by molar-refractivity contribution is 7.10. The van der Waals surface area contributed by atoms with Crippen molar-refractivity contribution in [1.29, 1.82) is 0 Å². The van der Waals surface area contributed by atoms with Crippen LogP contribution in [-0.4, -0.2) is 36.7 Å². The molecule has 0 saturated carbocycles. The topological polar surface area (TPSA) is 38.8 Å². The fourth-order valence-electron chi connectivity index (χ4n) is 3.29. The second kappa shape index (κ2) is 6.95. The maximum absolute atomic E-state index is 12.8. The quantitative estimate of drug-likeness (QED) is 0.853. The zero-order valence-electron chi connectivity index (χ0n) is 13.6. The van der Waals surface area contributed by atoms with Gasteiger partial charge in [0.2, 0.25) is 0 Å².